The monoisotopic (exact) mass is 409 g/mol. The number of nitrogens with zero attached hydrogens (tertiary/aromatic N) is 1. The van der Waals surface area contributed by atoms with E-state index in [2.05, 4.69) is 15.6 Å². The van der Waals surface area contributed by atoms with Gasteiger partial charge >= 0.3 is 0 Å². The van der Waals surface area contributed by atoms with Crippen LogP contribution in [0.4, 0.5) is 5.13 Å². The molecule has 0 unspecified atom stereocenters. The summed E-state index contributed by atoms with van der Waals surface area (Å²) in [7, 11) is 1.64. The van der Waals surface area contributed by atoms with Crippen LogP contribution in [0.15, 0.2) is 60.0 Å². The molecule has 150 valence electrons. The maximum Gasteiger partial charge on any atom is 0.257 e. The zero-order valence-electron chi connectivity index (χ0n) is 16.2. The third-order valence-corrected chi connectivity index (χ3v) is 5.12. The molecule has 1 heterocycles. The molecule has 0 aliphatic rings. The SMILES string of the molecule is COc1ccc(CCNC(=O)CCc2csc(NC(=O)c3ccccc3)n2)cc1. The van der Waals surface area contributed by atoms with Gasteiger partial charge in [0, 0.05) is 23.9 Å². The lowest BCUT2D eigenvalue weighted by molar-refractivity contribution is -0.121. The van der Waals surface area contributed by atoms with E-state index in [9.17, 15) is 9.59 Å². The van der Waals surface area contributed by atoms with E-state index in [1.54, 1.807) is 19.2 Å². The standard InChI is InChI=1S/C22H23N3O3S/c1-28-19-10-7-16(8-11-19)13-14-23-20(26)12-9-18-15-29-22(24-18)25-21(27)17-5-3-2-4-6-17/h2-8,10-11,15H,9,12-14H2,1H3,(H,23,26)(H,24,25,27). The molecule has 7 heteroatoms. The normalized spacial score (nSPS) is 10.4. The first-order valence-electron chi connectivity index (χ1n) is 9.34. The van der Waals surface area contributed by atoms with Crippen LogP contribution in [0.3, 0.4) is 0 Å². The van der Waals surface area contributed by atoms with E-state index in [0.29, 0.717) is 30.1 Å². The van der Waals surface area contributed by atoms with E-state index >= 15 is 0 Å². The van der Waals surface area contributed by atoms with Crippen molar-refractivity contribution in [1.82, 2.24) is 10.3 Å². The van der Waals surface area contributed by atoms with Crippen molar-refractivity contribution in [2.75, 3.05) is 19.0 Å². The lowest BCUT2D eigenvalue weighted by Gasteiger charge is -2.06. The number of hydrogen-bond acceptors (Lipinski definition) is 5. The van der Waals surface area contributed by atoms with Crippen LogP contribution in [0.2, 0.25) is 0 Å². The molecule has 0 atom stereocenters. The summed E-state index contributed by atoms with van der Waals surface area (Å²) in [4.78, 5) is 28.6. The highest BCUT2D eigenvalue weighted by atomic mass is 32.1. The Morgan fingerprint density at radius 2 is 1.79 bits per heavy atom. The number of anilines is 1. The van der Waals surface area contributed by atoms with Gasteiger partial charge < -0.3 is 10.1 Å². The minimum Gasteiger partial charge on any atom is -0.497 e. The average molecular weight is 410 g/mol. The Labute approximate surface area is 173 Å². The Hall–Kier alpha value is -3.19. The minimum atomic E-state index is -0.192. The predicted octanol–water partition coefficient (Wildman–Crippen LogP) is 3.70. The molecular formula is C22H23N3O3S. The Bertz CT molecular complexity index is 939. The summed E-state index contributed by atoms with van der Waals surface area (Å²) in [6.45, 7) is 0.584. The number of carbonyl (C=O) groups is 2. The highest BCUT2D eigenvalue weighted by molar-refractivity contribution is 7.14. The lowest BCUT2D eigenvalue weighted by Crippen LogP contribution is -2.25. The van der Waals surface area contributed by atoms with E-state index < -0.39 is 0 Å². The summed E-state index contributed by atoms with van der Waals surface area (Å²) in [5, 5.41) is 8.11. The van der Waals surface area contributed by atoms with E-state index in [1.807, 2.05) is 47.8 Å². The molecule has 0 bridgehead atoms. The second kappa shape index (κ2) is 10.4. The number of benzene rings is 2. The molecule has 3 aromatic rings. The van der Waals surface area contributed by atoms with Gasteiger partial charge in [0.05, 0.1) is 12.8 Å². The van der Waals surface area contributed by atoms with Gasteiger partial charge in [0.15, 0.2) is 5.13 Å². The van der Waals surface area contributed by atoms with Crippen molar-refractivity contribution in [3.05, 3.63) is 76.8 Å². The number of ether oxygens (including phenoxy) is 1. The van der Waals surface area contributed by atoms with Crippen molar-refractivity contribution in [2.45, 2.75) is 19.3 Å². The molecule has 0 spiro atoms. The topological polar surface area (TPSA) is 80.3 Å². The van der Waals surface area contributed by atoms with Crippen LogP contribution in [-0.4, -0.2) is 30.5 Å². The molecule has 2 N–H and O–H groups in total. The van der Waals surface area contributed by atoms with Gasteiger partial charge in [0.25, 0.3) is 5.91 Å². The second-order valence-corrected chi connectivity index (χ2v) is 7.27. The van der Waals surface area contributed by atoms with Gasteiger partial charge in [-0.15, -0.1) is 11.3 Å². The van der Waals surface area contributed by atoms with Crippen LogP contribution >= 0.6 is 11.3 Å². The van der Waals surface area contributed by atoms with Crippen molar-refractivity contribution >= 4 is 28.3 Å². The van der Waals surface area contributed by atoms with Gasteiger partial charge in [-0.2, -0.15) is 0 Å². The fourth-order valence-corrected chi connectivity index (χ4v) is 3.45. The lowest BCUT2D eigenvalue weighted by atomic mass is 10.1. The second-order valence-electron chi connectivity index (χ2n) is 6.41. The Morgan fingerprint density at radius 3 is 2.52 bits per heavy atom. The van der Waals surface area contributed by atoms with E-state index in [1.165, 1.54) is 11.3 Å². The minimum absolute atomic E-state index is 0.0126. The molecule has 0 aliphatic carbocycles. The molecule has 1 aromatic heterocycles. The van der Waals surface area contributed by atoms with Crippen LogP contribution in [0.25, 0.3) is 0 Å². The molecular weight excluding hydrogens is 386 g/mol. The number of amides is 2. The molecule has 0 saturated carbocycles. The number of nitrogens with one attached hydrogen (secondary N) is 2. The summed E-state index contributed by atoms with van der Waals surface area (Å²) in [5.74, 6) is 0.615. The molecule has 0 aliphatic heterocycles. The van der Waals surface area contributed by atoms with Gasteiger partial charge in [-0.05, 0) is 42.7 Å². The van der Waals surface area contributed by atoms with Crippen molar-refractivity contribution in [1.29, 1.82) is 0 Å². The molecule has 2 aromatic carbocycles. The van der Waals surface area contributed by atoms with Crippen LogP contribution < -0.4 is 15.4 Å². The van der Waals surface area contributed by atoms with Gasteiger partial charge in [-0.25, -0.2) is 4.98 Å². The highest BCUT2D eigenvalue weighted by Gasteiger charge is 2.10. The van der Waals surface area contributed by atoms with Crippen LogP contribution in [0.5, 0.6) is 5.75 Å². The summed E-state index contributed by atoms with van der Waals surface area (Å²) in [5.41, 5.74) is 2.52. The number of aryl methyl sites for hydroxylation is 1. The molecule has 29 heavy (non-hydrogen) atoms. The van der Waals surface area contributed by atoms with Crippen molar-refractivity contribution in [3.8, 4) is 5.75 Å². The van der Waals surface area contributed by atoms with Crippen molar-refractivity contribution in [2.24, 2.45) is 0 Å². The number of thiazole rings is 1. The third-order valence-electron chi connectivity index (χ3n) is 4.31. The van der Waals surface area contributed by atoms with Crippen molar-refractivity contribution < 1.29 is 14.3 Å². The van der Waals surface area contributed by atoms with E-state index in [-0.39, 0.29) is 11.8 Å². The maximum absolute atomic E-state index is 12.1. The molecule has 6 nitrogen and oxygen atoms in total. The molecule has 0 saturated heterocycles. The highest BCUT2D eigenvalue weighted by Crippen LogP contribution is 2.17. The quantitative estimate of drug-likeness (QED) is 0.565. The molecule has 3 rings (SSSR count). The van der Waals surface area contributed by atoms with Gasteiger partial charge in [-0.1, -0.05) is 30.3 Å². The first-order chi connectivity index (χ1) is 14.1. The number of rotatable bonds is 9. The summed E-state index contributed by atoms with van der Waals surface area (Å²) < 4.78 is 5.13. The van der Waals surface area contributed by atoms with Gasteiger partial charge in [-0.3, -0.25) is 14.9 Å². The van der Waals surface area contributed by atoms with Crippen molar-refractivity contribution in [3.63, 3.8) is 0 Å². The van der Waals surface area contributed by atoms with E-state index in [0.717, 1.165) is 23.4 Å². The van der Waals surface area contributed by atoms with Crippen LogP contribution in [0.1, 0.15) is 28.0 Å². The summed E-state index contributed by atoms with van der Waals surface area (Å²) >= 11 is 1.36. The van der Waals surface area contributed by atoms with Crippen LogP contribution in [-0.2, 0) is 17.6 Å². The zero-order chi connectivity index (χ0) is 20.5. The van der Waals surface area contributed by atoms with Gasteiger partial charge in [0.2, 0.25) is 5.91 Å². The summed E-state index contributed by atoms with van der Waals surface area (Å²) in [6, 6.07) is 16.8. The fourth-order valence-electron chi connectivity index (χ4n) is 2.71. The Kier molecular flexibility index (Phi) is 7.35. The van der Waals surface area contributed by atoms with E-state index in [4.69, 9.17) is 4.74 Å². The predicted molar refractivity (Wildman–Crippen MR) is 115 cm³/mol. The molecule has 0 fully saturated rings. The zero-order valence-corrected chi connectivity index (χ0v) is 17.0. The first-order valence-corrected chi connectivity index (χ1v) is 10.2. The third kappa shape index (κ3) is 6.43. The fraction of sp³-hybridized carbons (Fsp3) is 0.227. The van der Waals surface area contributed by atoms with Crippen LogP contribution in [0, 0.1) is 0 Å². The largest absolute Gasteiger partial charge is 0.497 e. The molecule has 0 radical (unpaired) electrons. The maximum atomic E-state index is 12.1. The Morgan fingerprint density at radius 1 is 1.03 bits per heavy atom. The number of carbonyl (C=O) groups excluding carboxylic acids is 2. The number of hydrogen-bond donors (Lipinski definition) is 2. The van der Waals surface area contributed by atoms with Gasteiger partial charge in [0.1, 0.15) is 5.75 Å². The Balaban J connectivity index is 1.38. The first kappa shape index (κ1) is 20.5. The smallest absolute Gasteiger partial charge is 0.257 e. The number of methoxy groups -OCH3 is 1. The number of aromatic nitrogens is 1. The molecule has 2 amide bonds. The average Bonchev–Trinajstić information content (AvgIpc) is 3.20. The summed E-state index contributed by atoms with van der Waals surface area (Å²) in [6.07, 6.45) is 1.66.